The van der Waals surface area contributed by atoms with Crippen molar-refractivity contribution in [1.29, 1.82) is 0 Å². The average Bonchev–Trinajstić information content (AvgIpc) is 2.48. The summed E-state index contributed by atoms with van der Waals surface area (Å²) in [7, 11) is 1.58. The number of hydrogen-bond donors (Lipinski definition) is 1. The lowest BCUT2D eigenvalue weighted by molar-refractivity contribution is 0.350. The summed E-state index contributed by atoms with van der Waals surface area (Å²) in [5, 5.41) is 8.74. The minimum absolute atomic E-state index is 0.114. The summed E-state index contributed by atoms with van der Waals surface area (Å²) in [5.41, 5.74) is 2.16. The number of nitrogens with zero attached hydrogens (tertiary/aromatic N) is 2. The Kier molecular flexibility index (Phi) is 4.75. The molecule has 0 aliphatic carbocycles. The molecular weight excluding hydrogens is 268 g/mol. The van der Waals surface area contributed by atoms with Crippen LogP contribution < -0.4 is 10.3 Å². The standard InChI is InChI=1S/C16H16N2O3/c1-12-8-16(20)18(11-17-12)10-14-9-13(4-3-7-19)5-6-15(14)21-2/h5-6,8-9,11,19H,7,10H2,1-2H3. The molecule has 0 bridgehead atoms. The van der Waals surface area contributed by atoms with E-state index in [1.165, 1.54) is 17.0 Å². The molecule has 108 valence electrons. The Morgan fingerprint density at radius 3 is 2.86 bits per heavy atom. The summed E-state index contributed by atoms with van der Waals surface area (Å²) in [6.45, 7) is 1.93. The first-order valence-electron chi connectivity index (χ1n) is 6.44. The third kappa shape index (κ3) is 3.71. The molecule has 1 heterocycles. The minimum Gasteiger partial charge on any atom is -0.496 e. The highest BCUT2D eigenvalue weighted by Gasteiger charge is 2.06. The van der Waals surface area contributed by atoms with Crippen LogP contribution in [0, 0.1) is 18.8 Å². The largest absolute Gasteiger partial charge is 0.496 e. The van der Waals surface area contributed by atoms with Gasteiger partial charge >= 0.3 is 0 Å². The molecule has 0 aliphatic rings. The Labute approximate surface area is 122 Å². The molecule has 2 rings (SSSR count). The Morgan fingerprint density at radius 2 is 2.19 bits per heavy atom. The second kappa shape index (κ2) is 6.73. The molecule has 0 radical (unpaired) electrons. The highest BCUT2D eigenvalue weighted by Crippen LogP contribution is 2.20. The molecule has 0 saturated heterocycles. The highest BCUT2D eigenvalue weighted by atomic mass is 16.5. The quantitative estimate of drug-likeness (QED) is 0.852. The molecule has 0 spiro atoms. The predicted octanol–water partition coefficient (Wildman–Crippen LogP) is 0.952. The van der Waals surface area contributed by atoms with Gasteiger partial charge < -0.3 is 9.84 Å². The number of aliphatic hydroxyl groups is 1. The normalized spacial score (nSPS) is 9.86. The second-order valence-electron chi connectivity index (χ2n) is 4.48. The van der Waals surface area contributed by atoms with E-state index in [1.807, 2.05) is 6.07 Å². The SMILES string of the molecule is COc1ccc(C#CCO)cc1Cn1cnc(C)cc1=O. The van der Waals surface area contributed by atoms with Crippen molar-refractivity contribution in [2.45, 2.75) is 13.5 Å². The van der Waals surface area contributed by atoms with E-state index in [4.69, 9.17) is 9.84 Å². The summed E-state index contributed by atoms with van der Waals surface area (Å²) < 4.78 is 6.82. The summed E-state index contributed by atoms with van der Waals surface area (Å²) in [6.07, 6.45) is 1.52. The van der Waals surface area contributed by atoms with Crippen LogP contribution in [0.4, 0.5) is 0 Å². The third-order valence-electron chi connectivity index (χ3n) is 2.95. The predicted molar refractivity (Wildman–Crippen MR) is 79.3 cm³/mol. The fourth-order valence-electron chi connectivity index (χ4n) is 1.94. The van der Waals surface area contributed by atoms with Crippen molar-refractivity contribution < 1.29 is 9.84 Å². The maximum absolute atomic E-state index is 11.9. The molecule has 0 aliphatic heterocycles. The number of rotatable bonds is 3. The molecule has 0 amide bonds. The number of aliphatic hydroxyl groups excluding tert-OH is 1. The van der Waals surface area contributed by atoms with E-state index < -0.39 is 0 Å². The summed E-state index contributed by atoms with van der Waals surface area (Å²) in [5.74, 6) is 6.11. The van der Waals surface area contributed by atoms with E-state index in [0.717, 1.165) is 11.1 Å². The first kappa shape index (κ1) is 14.8. The number of aromatic nitrogens is 2. The van der Waals surface area contributed by atoms with Gasteiger partial charge in [-0.2, -0.15) is 0 Å². The van der Waals surface area contributed by atoms with Gasteiger partial charge in [-0.25, -0.2) is 4.98 Å². The van der Waals surface area contributed by atoms with Crippen molar-refractivity contribution >= 4 is 0 Å². The smallest absolute Gasteiger partial charge is 0.253 e. The van der Waals surface area contributed by atoms with Crippen LogP contribution in [0.2, 0.25) is 0 Å². The Balaban J connectivity index is 2.39. The maximum atomic E-state index is 11.9. The molecule has 0 fully saturated rings. The molecule has 0 atom stereocenters. The molecule has 0 saturated carbocycles. The van der Waals surface area contributed by atoms with Crippen molar-refractivity contribution in [3.63, 3.8) is 0 Å². The molecule has 5 nitrogen and oxygen atoms in total. The third-order valence-corrected chi connectivity index (χ3v) is 2.95. The van der Waals surface area contributed by atoms with Gasteiger partial charge in [0.05, 0.1) is 20.0 Å². The van der Waals surface area contributed by atoms with E-state index in [0.29, 0.717) is 18.0 Å². The highest BCUT2D eigenvalue weighted by molar-refractivity contribution is 5.44. The van der Waals surface area contributed by atoms with Crippen LogP contribution in [0.3, 0.4) is 0 Å². The lowest BCUT2D eigenvalue weighted by Crippen LogP contribution is -2.20. The second-order valence-corrected chi connectivity index (χ2v) is 4.48. The number of methoxy groups -OCH3 is 1. The van der Waals surface area contributed by atoms with Crippen LogP contribution in [0.5, 0.6) is 5.75 Å². The molecular formula is C16H16N2O3. The van der Waals surface area contributed by atoms with Crippen LogP contribution in [-0.4, -0.2) is 28.4 Å². The summed E-state index contributed by atoms with van der Waals surface area (Å²) >= 11 is 0. The first-order chi connectivity index (χ1) is 10.1. The van der Waals surface area contributed by atoms with Crippen molar-refractivity contribution in [2.24, 2.45) is 0 Å². The van der Waals surface area contributed by atoms with Gasteiger partial charge in [-0.05, 0) is 25.1 Å². The molecule has 2 aromatic rings. The zero-order chi connectivity index (χ0) is 15.2. The fourth-order valence-corrected chi connectivity index (χ4v) is 1.94. The maximum Gasteiger partial charge on any atom is 0.253 e. The van der Waals surface area contributed by atoms with E-state index in [-0.39, 0.29) is 12.2 Å². The Bertz CT molecular complexity index is 754. The van der Waals surface area contributed by atoms with Crippen molar-refractivity contribution in [3.05, 3.63) is 57.8 Å². The zero-order valence-electron chi connectivity index (χ0n) is 12.0. The molecule has 21 heavy (non-hydrogen) atoms. The number of aryl methyl sites for hydroxylation is 1. The molecule has 0 unspecified atom stereocenters. The first-order valence-corrected chi connectivity index (χ1v) is 6.44. The molecule has 1 N–H and O–H groups in total. The average molecular weight is 284 g/mol. The number of ether oxygens (including phenoxy) is 1. The molecule has 1 aromatic carbocycles. The van der Waals surface area contributed by atoms with Crippen molar-refractivity contribution in [3.8, 4) is 17.6 Å². The van der Waals surface area contributed by atoms with E-state index in [2.05, 4.69) is 16.8 Å². The van der Waals surface area contributed by atoms with Crippen molar-refractivity contribution in [1.82, 2.24) is 9.55 Å². The zero-order valence-corrected chi connectivity index (χ0v) is 12.0. The van der Waals surface area contributed by atoms with Crippen LogP contribution in [0.15, 0.2) is 35.4 Å². The van der Waals surface area contributed by atoms with Crippen LogP contribution in [-0.2, 0) is 6.54 Å². The fraction of sp³-hybridized carbons (Fsp3) is 0.250. The minimum atomic E-state index is -0.192. The topological polar surface area (TPSA) is 64.3 Å². The van der Waals surface area contributed by atoms with Gasteiger partial charge in [-0.15, -0.1) is 0 Å². The monoisotopic (exact) mass is 284 g/mol. The van der Waals surface area contributed by atoms with Gasteiger partial charge in [-0.3, -0.25) is 9.36 Å². The van der Waals surface area contributed by atoms with E-state index in [9.17, 15) is 4.79 Å². The lowest BCUT2D eigenvalue weighted by Gasteiger charge is -2.10. The van der Waals surface area contributed by atoms with Gasteiger partial charge in [0.2, 0.25) is 0 Å². The summed E-state index contributed by atoms with van der Waals surface area (Å²) in [4.78, 5) is 16.0. The van der Waals surface area contributed by atoms with Gasteiger partial charge in [0.25, 0.3) is 5.56 Å². The van der Waals surface area contributed by atoms with Crippen molar-refractivity contribution in [2.75, 3.05) is 13.7 Å². The van der Waals surface area contributed by atoms with Gasteiger partial charge in [-0.1, -0.05) is 11.8 Å². The van der Waals surface area contributed by atoms with Gasteiger partial charge in [0.15, 0.2) is 0 Å². The van der Waals surface area contributed by atoms with Crippen LogP contribution >= 0.6 is 0 Å². The van der Waals surface area contributed by atoms with E-state index >= 15 is 0 Å². The lowest BCUT2D eigenvalue weighted by atomic mass is 10.1. The van der Waals surface area contributed by atoms with Gasteiger partial charge in [0.1, 0.15) is 12.4 Å². The molecule has 5 heteroatoms. The van der Waals surface area contributed by atoms with Crippen LogP contribution in [0.1, 0.15) is 16.8 Å². The van der Waals surface area contributed by atoms with E-state index in [1.54, 1.807) is 26.2 Å². The summed E-state index contributed by atoms with van der Waals surface area (Å²) in [6, 6.07) is 6.93. The Morgan fingerprint density at radius 1 is 1.38 bits per heavy atom. The molecule has 1 aromatic heterocycles. The number of benzene rings is 1. The van der Waals surface area contributed by atoms with Crippen LogP contribution in [0.25, 0.3) is 0 Å². The Hall–Kier alpha value is -2.58. The number of hydrogen-bond acceptors (Lipinski definition) is 4. The van der Waals surface area contributed by atoms with Gasteiger partial charge in [0, 0.05) is 22.9 Å².